The van der Waals surface area contributed by atoms with Gasteiger partial charge in [-0.2, -0.15) is 0 Å². The lowest BCUT2D eigenvalue weighted by atomic mass is 10.00. The first-order valence-electron chi connectivity index (χ1n) is 10.8. The minimum atomic E-state index is -0.865. The van der Waals surface area contributed by atoms with Crippen molar-refractivity contribution < 1.29 is 9.90 Å². The zero-order chi connectivity index (χ0) is 19.0. The van der Waals surface area contributed by atoms with Crippen LogP contribution in [0.3, 0.4) is 0 Å². The molecule has 3 heteroatoms. The Labute approximate surface area is 160 Å². The number of hydrogen-bond donors (Lipinski definition) is 2. The fourth-order valence-corrected chi connectivity index (χ4v) is 3.40. The monoisotopic (exact) mass is 361 g/mol. The predicted octanol–water partition coefficient (Wildman–Crippen LogP) is 7.28. The molecule has 0 aliphatic heterocycles. The average molecular weight is 362 g/mol. The number of benzene rings is 1. The molecule has 26 heavy (non-hydrogen) atoms. The van der Waals surface area contributed by atoms with Crippen LogP contribution in [0, 0.1) is 0 Å². The summed E-state index contributed by atoms with van der Waals surface area (Å²) >= 11 is 0. The molecule has 0 saturated carbocycles. The average Bonchev–Trinajstić information content (AvgIpc) is 2.64. The molecule has 0 saturated heterocycles. The highest BCUT2D eigenvalue weighted by atomic mass is 16.4. The molecule has 0 aliphatic carbocycles. The highest BCUT2D eigenvalue weighted by Crippen LogP contribution is 2.19. The fourth-order valence-electron chi connectivity index (χ4n) is 3.40. The van der Waals surface area contributed by atoms with E-state index < -0.39 is 5.97 Å². The van der Waals surface area contributed by atoms with Crippen molar-refractivity contribution in [2.75, 3.05) is 5.32 Å². The van der Waals surface area contributed by atoms with Gasteiger partial charge in [0.25, 0.3) is 0 Å². The number of anilines is 1. The summed E-state index contributed by atoms with van der Waals surface area (Å²) in [6, 6.07) is 7.67. The van der Waals surface area contributed by atoms with Crippen molar-refractivity contribution in [2.45, 2.75) is 103 Å². The third-order valence-electron chi connectivity index (χ3n) is 5.06. The van der Waals surface area contributed by atoms with Crippen LogP contribution < -0.4 is 5.32 Å². The van der Waals surface area contributed by atoms with Gasteiger partial charge in [-0.3, -0.25) is 0 Å². The van der Waals surface area contributed by atoms with Crippen molar-refractivity contribution in [1.29, 1.82) is 0 Å². The van der Waals surface area contributed by atoms with Gasteiger partial charge in [0, 0.05) is 11.7 Å². The van der Waals surface area contributed by atoms with E-state index in [2.05, 4.69) is 19.2 Å². The van der Waals surface area contributed by atoms with Gasteiger partial charge in [0.05, 0.1) is 5.56 Å². The second kappa shape index (κ2) is 14.6. The highest BCUT2D eigenvalue weighted by molar-refractivity contribution is 5.87. The summed E-state index contributed by atoms with van der Waals surface area (Å²) in [6.07, 6.45) is 17.0. The lowest BCUT2D eigenvalue weighted by Crippen LogP contribution is -2.19. The maximum Gasteiger partial charge on any atom is 0.335 e. The minimum Gasteiger partial charge on any atom is -0.478 e. The Kier molecular flexibility index (Phi) is 12.7. The largest absolute Gasteiger partial charge is 0.478 e. The molecule has 1 atom stereocenters. The second-order valence-corrected chi connectivity index (χ2v) is 7.48. The summed E-state index contributed by atoms with van der Waals surface area (Å²) in [6.45, 7) is 4.51. The maximum absolute atomic E-state index is 11.0. The van der Waals surface area contributed by atoms with Crippen molar-refractivity contribution in [3.8, 4) is 0 Å². The van der Waals surface area contributed by atoms with Gasteiger partial charge in [-0.1, -0.05) is 84.5 Å². The number of unbranched alkanes of at least 4 members (excludes halogenated alkanes) is 9. The number of carboxylic acids is 1. The lowest BCUT2D eigenvalue weighted by molar-refractivity contribution is 0.0697. The van der Waals surface area contributed by atoms with E-state index in [1.807, 2.05) is 12.1 Å². The van der Waals surface area contributed by atoms with Gasteiger partial charge >= 0.3 is 5.97 Å². The van der Waals surface area contributed by atoms with Crippen LogP contribution in [0.25, 0.3) is 0 Å². The van der Waals surface area contributed by atoms with Gasteiger partial charge in [-0.05, 0) is 37.1 Å². The van der Waals surface area contributed by atoms with E-state index in [1.54, 1.807) is 12.1 Å². The standard InChI is InChI=1S/C23H39NO2/c1-3-5-7-9-11-13-15-21(14-12-10-8-6-4-2)24-22-18-16-20(17-19-22)23(25)26/h16-19,21,24H,3-15H2,1-2H3,(H,25,26). The molecule has 148 valence electrons. The zero-order valence-electron chi connectivity index (χ0n) is 16.9. The maximum atomic E-state index is 11.0. The van der Waals surface area contributed by atoms with E-state index in [0.717, 1.165) is 5.69 Å². The Bertz CT molecular complexity index is 470. The zero-order valence-corrected chi connectivity index (χ0v) is 16.9. The summed E-state index contributed by atoms with van der Waals surface area (Å²) in [7, 11) is 0. The summed E-state index contributed by atoms with van der Waals surface area (Å²) in [5.41, 5.74) is 1.39. The molecule has 0 amide bonds. The first-order chi connectivity index (χ1) is 12.7. The third-order valence-corrected chi connectivity index (χ3v) is 5.06. The molecule has 1 aromatic rings. The van der Waals surface area contributed by atoms with Crippen LogP contribution in [0.1, 0.15) is 108 Å². The Hall–Kier alpha value is -1.51. The number of aromatic carboxylic acids is 1. The summed E-state index contributed by atoms with van der Waals surface area (Å²) < 4.78 is 0. The number of hydrogen-bond acceptors (Lipinski definition) is 2. The van der Waals surface area contributed by atoms with Crippen molar-refractivity contribution in [3.05, 3.63) is 29.8 Å². The highest BCUT2D eigenvalue weighted by Gasteiger charge is 2.09. The number of rotatable bonds is 16. The summed E-state index contributed by atoms with van der Waals surface area (Å²) in [5.74, 6) is -0.865. The van der Waals surface area contributed by atoms with Crippen LogP contribution in [0.5, 0.6) is 0 Å². The Morgan fingerprint density at radius 3 is 1.73 bits per heavy atom. The molecule has 3 nitrogen and oxygen atoms in total. The quantitative estimate of drug-likeness (QED) is 0.304. The van der Waals surface area contributed by atoms with Crippen LogP contribution in [-0.2, 0) is 0 Å². The lowest BCUT2D eigenvalue weighted by Gasteiger charge is -2.20. The van der Waals surface area contributed by atoms with E-state index in [-0.39, 0.29) is 0 Å². The Balaban J connectivity index is 2.43. The molecule has 0 fully saturated rings. The van der Waals surface area contributed by atoms with Gasteiger partial charge in [-0.25, -0.2) is 4.79 Å². The normalized spacial score (nSPS) is 12.1. The van der Waals surface area contributed by atoms with Crippen LogP contribution in [0.4, 0.5) is 5.69 Å². The van der Waals surface area contributed by atoms with E-state index in [4.69, 9.17) is 5.11 Å². The minimum absolute atomic E-state index is 0.350. The van der Waals surface area contributed by atoms with E-state index in [0.29, 0.717) is 11.6 Å². The second-order valence-electron chi connectivity index (χ2n) is 7.48. The topological polar surface area (TPSA) is 49.3 Å². The molecule has 0 heterocycles. The molecule has 0 aromatic heterocycles. The summed E-state index contributed by atoms with van der Waals surface area (Å²) in [4.78, 5) is 11.0. The summed E-state index contributed by atoms with van der Waals surface area (Å²) in [5, 5.41) is 12.7. The van der Waals surface area contributed by atoms with Gasteiger partial charge in [0.2, 0.25) is 0 Å². The first-order valence-corrected chi connectivity index (χ1v) is 10.8. The van der Waals surface area contributed by atoms with Gasteiger partial charge in [0.1, 0.15) is 0 Å². The SMILES string of the molecule is CCCCCCCCC(CCCCCCC)Nc1ccc(C(=O)O)cc1. The molecule has 0 aliphatic rings. The van der Waals surface area contributed by atoms with Crippen molar-refractivity contribution in [1.82, 2.24) is 0 Å². The van der Waals surface area contributed by atoms with E-state index in [1.165, 1.54) is 83.5 Å². The Morgan fingerprint density at radius 1 is 0.808 bits per heavy atom. The fraction of sp³-hybridized carbons (Fsp3) is 0.696. The molecule has 2 N–H and O–H groups in total. The number of carboxylic acid groups (broad SMARTS) is 1. The molecule has 1 unspecified atom stereocenters. The van der Waals surface area contributed by atoms with E-state index >= 15 is 0 Å². The van der Waals surface area contributed by atoms with Crippen LogP contribution in [0.15, 0.2) is 24.3 Å². The van der Waals surface area contributed by atoms with E-state index in [9.17, 15) is 4.79 Å². The molecular formula is C23H39NO2. The van der Waals surface area contributed by atoms with Gasteiger partial charge in [0.15, 0.2) is 0 Å². The molecule has 0 spiro atoms. The Morgan fingerprint density at radius 2 is 1.27 bits per heavy atom. The van der Waals surface area contributed by atoms with Crippen LogP contribution in [0.2, 0.25) is 0 Å². The van der Waals surface area contributed by atoms with Crippen LogP contribution in [-0.4, -0.2) is 17.1 Å². The number of carbonyl (C=O) groups is 1. The predicted molar refractivity (Wildman–Crippen MR) is 112 cm³/mol. The van der Waals surface area contributed by atoms with Crippen LogP contribution >= 0.6 is 0 Å². The first kappa shape index (κ1) is 22.5. The smallest absolute Gasteiger partial charge is 0.335 e. The molecule has 0 radical (unpaired) electrons. The van der Waals surface area contributed by atoms with Crippen molar-refractivity contribution in [3.63, 3.8) is 0 Å². The third kappa shape index (κ3) is 10.5. The molecule has 1 rings (SSSR count). The molecule has 1 aromatic carbocycles. The number of nitrogens with one attached hydrogen (secondary N) is 1. The van der Waals surface area contributed by atoms with Crippen molar-refractivity contribution in [2.24, 2.45) is 0 Å². The van der Waals surface area contributed by atoms with Gasteiger partial charge in [-0.15, -0.1) is 0 Å². The molecular weight excluding hydrogens is 322 g/mol. The molecule has 0 bridgehead atoms. The van der Waals surface area contributed by atoms with Gasteiger partial charge < -0.3 is 10.4 Å². The van der Waals surface area contributed by atoms with Crippen molar-refractivity contribution >= 4 is 11.7 Å².